The Balaban J connectivity index is 1.46. The lowest BCUT2D eigenvalue weighted by Crippen LogP contribution is -2.12. The third kappa shape index (κ3) is 6.38. The fourth-order valence-corrected chi connectivity index (χ4v) is 5.64. The van der Waals surface area contributed by atoms with E-state index in [-0.39, 0.29) is 18.3 Å². The highest BCUT2D eigenvalue weighted by molar-refractivity contribution is 7.85. The number of aromatic nitrogens is 1. The first kappa shape index (κ1) is 25.6. The van der Waals surface area contributed by atoms with Gasteiger partial charge >= 0.3 is 6.18 Å². The van der Waals surface area contributed by atoms with Crippen molar-refractivity contribution in [2.24, 2.45) is 0 Å². The second-order valence-electron chi connectivity index (χ2n) is 9.37. The van der Waals surface area contributed by atoms with Crippen LogP contribution in [0.25, 0.3) is 10.9 Å². The molecule has 35 heavy (non-hydrogen) atoms. The molecule has 0 bridgehead atoms. The molecule has 5 nitrogen and oxygen atoms in total. The van der Waals surface area contributed by atoms with Crippen LogP contribution in [0.15, 0.2) is 42.6 Å². The molecule has 0 saturated heterocycles. The fraction of sp³-hybridized carbons (Fsp3) is 0.462. The van der Waals surface area contributed by atoms with Gasteiger partial charge in [-0.3, -0.25) is 4.55 Å². The Bertz CT molecular complexity index is 1290. The van der Waals surface area contributed by atoms with E-state index in [1.165, 1.54) is 6.07 Å². The second-order valence-corrected chi connectivity index (χ2v) is 10.9. The average molecular weight is 510 g/mol. The van der Waals surface area contributed by atoms with Gasteiger partial charge in [-0.05, 0) is 79.5 Å². The lowest BCUT2D eigenvalue weighted by molar-refractivity contribution is -0.138. The quantitative estimate of drug-likeness (QED) is 0.252. The van der Waals surface area contributed by atoms with E-state index in [0.717, 1.165) is 42.1 Å². The molecule has 2 aromatic carbocycles. The maximum atomic E-state index is 13.8. The molecular weight excluding hydrogens is 479 g/mol. The van der Waals surface area contributed by atoms with E-state index in [1.54, 1.807) is 12.1 Å². The smallest absolute Gasteiger partial charge is 0.416 e. The average Bonchev–Trinajstić information content (AvgIpc) is 3.44. The summed E-state index contributed by atoms with van der Waals surface area (Å²) in [5.41, 5.74) is 2.26. The van der Waals surface area contributed by atoms with Gasteiger partial charge in [0.15, 0.2) is 0 Å². The third-order valence-electron chi connectivity index (χ3n) is 6.70. The van der Waals surface area contributed by atoms with Crippen molar-refractivity contribution in [3.8, 4) is 5.75 Å². The molecule has 1 aliphatic rings. The van der Waals surface area contributed by atoms with Gasteiger partial charge in [-0.15, -0.1) is 0 Å². The summed E-state index contributed by atoms with van der Waals surface area (Å²) >= 11 is 0. The van der Waals surface area contributed by atoms with Crippen molar-refractivity contribution in [1.29, 1.82) is 0 Å². The Labute approximate surface area is 203 Å². The van der Waals surface area contributed by atoms with E-state index in [9.17, 15) is 21.6 Å². The van der Waals surface area contributed by atoms with Crippen molar-refractivity contribution < 1.29 is 30.9 Å². The van der Waals surface area contributed by atoms with Crippen molar-refractivity contribution in [3.63, 3.8) is 0 Å². The van der Waals surface area contributed by atoms with Gasteiger partial charge in [-0.25, -0.2) is 0 Å². The summed E-state index contributed by atoms with van der Waals surface area (Å²) in [7, 11) is -3.96. The number of nitrogens with zero attached hydrogens (tertiary/aromatic N) is 1. The van der Waals surface area contributed by atoms with Crippen LogP contribution >= 0.6 is 0 Å². The molecule has 9 heteroatoms. The van der Waals surface area contributed by atoms with Crippen LogP contribution in [0.4, 0.5) is 13.2 Å². The summed E-state index contributed by atoms with van der Waals surface area (Å²) in [6.07, 6.45) is 2.02. The number of rotatable bonds is 9. The van der Waals surface area contributed by atoms with Crippen LogP contribution in [0.2, 0.25) is 0 Å². The topological polar surface area (TPSA) is 68.5 Å². The Morgan fingerprint density at radius 2 is 1.83 bits per heavy atom. The van der Waals surface area contributed by atoms with Crippen LogP contribution in [-0.2, 0) is 29.4 Å². The highest BCUT2D eigenvalue weighted by Crippen LogP contribution is 2.42. The van der Waals surface area contributed by atoms with Gasteiger partial charge in [0.25, 0.3) is 10.1 Å². The molecule has 0 aliphatic heterocycles. The van der Waals surface area contributed by atoms with Gasteiger partial charge in [0.05, 0.1) is 16.8 Å². The number of hydrogen-bond acceptors (Lipinski definition) is 3. The van der Waals surface area contributed by atoms with E-state index in [1.807, 2.05) is 35.9 Å². The molecule has 1 fully saturated rings. The van der Waals surface area contributed by atoms with Crippen LogP contribution in [0, 0.1) is 6.92 Å². The minimum atomic E-state index is -4.40. The Morgan fingerprint density at radius 1 is 1.09 bits per heavy atom. The summed E-state index contributed by atoms with van der Waals surface area (Å²) in [6.45, 7) is 2.57. The molecule has 0 spiro atoms. The van der Waals surface area contributed by atoms with E-state index in [4.69, 9.17) is 9.29 Å². The van der Waals surface area contributed by atoms with E-state index >= 15 is 0 Å². The number of aryl methyl sites for hydroxylation is 2. The van der Waals surface area contributed by atoms with Gasteiger partial charge in [0.1, 0.15) is 12.4 Å². The SMILES string of the molecule is Cc1cc(OCc2ccc(C3CCCC3)c(C(F)(F)F)c2)cc2ccn(CCCCS(=O)(=O)O)c12. The van der Waals surface area contributed by atoms with Crippen molar-refractivity contribution in [2.45, 2.75) is 70.7 Å². The Morgan fingerprint density at radius 3 is 2.51 bits per heavy atom. The number of unbranched alkanes of at least 4 members (excludes halogenated alkanes) is 1. The van der Waals surface area contributed by atoms with Crippen LogP contribution in [0.5, 0.6) is 5.75 Å². The number of fused-ring (bicyclic) bond motifs is 1. The van der Waals surface area contributed by atoms with Crippen LogP contribution in [-0.4, -0.2) is 23.3 Å². The largest absolute Gasteiger partial charge is 0.489 e. The van der Waals surface area contributed by atoms with Gasteiger partial charge in [-0.1, -0.05) is 25.0 Å². The Hall–Kier alpha value is -2.52. The van der Waals surface area contributed by atoms with Gasteiger partial charge in [0, 0.05) is 18.1 Å². The summed E-state index contributed by atoms with van der Waals surface area (Å²) in [4.78, 5) is 0. The lowest BCUT2D eigenvalue weighted by Gasteiger charge is -2.19. The minimum Gasteiger partial charge on any atom is -0.489 e. The van der Waals surface area contributed by atoms with Crippen LogP contribution < -0.4 is 4.74 Å². The van der Waals surface area contributed by atoms with Crippen molar-refractivity contribution >= 4 is 21.0 Å². The van der Waals surface area contributed by atoms with E-state index in [2.05, 4.69) is 0 Å². The number of hydrogen-bond donors (Lipinski definition) is 1. The molecule has 1 saturated carbocycles. The Kier molecular flexibility index (Phi) is 7.47. The van der Waals surface area contributed by atoms with Crippen molar-refractivity contribution in [3.05, 3.63) is 64.8 Å². The molecule has 1 N–H and O–H groups in total. The summed E-state index contributed by atoms with van der Waals surface area (Å²) in [5, 5.41) is 0.933. The maximum absolute atomic E-state index is 13.8. The predicted molar refractivity (Wildman–Crippen MR) is 129 cm³/mol. The standard InChI is InChI=1S/C26H30F3NO4S/c1-18-14-22(16-21-10-12-30(25(18)21)11-4-5-13-35(31,32)33)34-17-19-8-9-23(20-6-2-3-7-20)24(15-19)26(27,28)29/h8-10,12,14-16,20H,2-7,11,13,17H2,1H3,(H,31,32,33). The summed E-state index contributed by atoms with van der Waals surface area (Å²) in [5.74, 6) is 0.289. The zero-order valence-corrected chi connectivity index (χ0v) is 20.5. The van der Waals surface area contributed by atoms with Crippen LogP contribution in [0.3, 0.4) is 0 Å². The molecule has 0 atom stereocenters. The molecular formula is C26H30F3NO4S. The first-order valence-corrected chi connectivity index (χ1v) is 13.5. The lowest BCUT2D eigenvalue weighted by atomic mass is 9.91. The van der Waals surface area contributed by atoms with E-state index < -0.39 is 21.9 Å². The maximum Gasteiger partial charge on any atom is 0.416 e. The highest BCUT2D eigenvalue weighted by Gasteiger charge is 2.36. The summed E-state index contributed by atoms with van der Waals surface area (Å²) < 4.78 is 79.8. The molecule has 1 aromatic heterocycles. The molecule has 0 amide bonds. The molecule has 190 valence electrons. The normalized spacial score (nSPS) is 15.2. The first-order chi connectivity index (χ1) is 16.5. The molecule has 1 heterocycles. The third-order valence-corrected chi connectivity index (χ3v) is 7.50. The first-order valence-electron chi connectivity index (χ1n) is 11.9. The van der Waals surface area contributed by atoms with Gasteiger partial charge in [-0.2, -0.15) is 21.6 Å². The number of ether oxygens (including phenoxy) is 1. The van der Waals surface area contributed by atoms with Crippen molar-refractivity contribution in [2.75, 3.05) is 5.75 Å². The predicted octanol–water partition coefficient (Wildman–Crippen LogP) is 6.87. The second kappa shape index (κ2) is 10.2. The molecule has 4 rings (SSSR count). The van der Waals surface area contributed by atoms with E-state index in [0.29, 0.717) is 36.3 Å². The number of benzene rings is 2. The van der Waals surface area contributed by atoms with Crippen LogP contribution in [0.1, 0.15) is 66.7 Å². The zero-order valence-electron chi connectivity index (χ0n) is 19.6. The molecule has 0 radical (unpaired) electrons. The number of alkyl halides is 3. The highest BCUT2D eigenvalue weighted by atomic mass is 32.2. The van der Waals surface area contributed by atoms with Crippen molar-refractivity contribution in [1.82, 2.24) is 4.57 Å². The molecule has 3 aromatic rings. The number of halogens is 3. The molecule has 0 unspecified atom stereocenters. The fourth-order valence-electron chi connectivity index (χ4n) is 5.07. The molecule has 1 aliphatic carbocycles. The zero-order chi connectivity index (χ0) is 25.2. The summed E-state index contributed by atoms with van der Waals surface area (Å²) in [6, 6.07) is 10.2. The monoisotopic (exact) mass is 509 g/mol. The van der Waals surface area contributed by atoms with Gasteiger partial charge < -0.3 is 9.30 Å². The van der Waals surface area contributed by atoms with Gasteiger partial charge in [0.2, 0.25) is 0 Å². The minimum absolute atomic E-state index is 0.0243.